The van der Waals surface area contributed by atoms with Crippen LogP contribution in [-0.4, -0.2) is 30.1 Å². The molecule has 2 aromatic rings. The molecule has 0 spiro atoms. The summed E-state index contributed by atoms with van der Waals surface area (Å²) in [4.78, 5) is 2.33. The van der Waals surface area contributed by atoms with Crippen molar-refractivity contribution in [1.82, 2.24) is 4.90 Å². The van der Waals surface area contributed by atoms with E-state index in [0.717, 1.165) is 54.1 Å². The van der Waals surface area contributed by atoms with E-state index in [9.17, 15) is 5.11 Å². The largest absolute Gasteiger partial charge is 0.457 e. The molecule has 0 aromatic heterocycles. The quantitative estimate of drug-likeness (QED) is 0.815. The SMILES string of the molecule is CN1CCC(C2(O)c3ccccc3Oc3ccc(CS)cc32)CC1. The summed E-state index contributed by atoms with van der Waals surface area (Å²) in [5.74, 6) is 2.37. The number of thiol groups is 1. The Morgan fingerprint density at radius 2 is 1.83 bits per heavy atom. The highest BCUT2D eigenvalue weighted by molar-refractivity contribution is 7.79. The first-order valence-electron chi connectivity index (χ1n) is 8.55. The van der Waals surface area contributed by atoms with Crippen molar-refractivity contribution in [1.29, 1.82) is 0 Å². The number of aliphatic hydroxyl groups is 1. The van der Waals surface area contributed by atoms with Gasteiger partial charge in [-0.3, -0.25) is 0 Å². The number of fused-ring (bicyclic) bond motifs is 2. The zero-order valence-corrected chi connectivity index (χ0v) is 14.8. The van der Waals surface area contributed by atoms with Gasteiger partial charge in [-0.1, -0.05) is 24.3 Å². The lowest BCUT2D eigenvalue weighted by Crippen LogP contribution is -2.44. The first-order chi connectivity index (χ1) is 11.6. The molecule has 1 unspecified atom stereocenters. The van der Waals surface area contributed by atoms with Crippen molar-refractivity contribution in [3.05, 3.63) is 59.2 Å². The maximum Gasteiger partial charge on any atom is 0.133 e. The van der Waals surface area contributed by atoms with Crippen LogP contribution >= 0.6 is 12.6 Å². The molecule has 2 aromatic carbocycles. The van der Waals surface area contributed by atoms with Crippen LogP contribution in [0.15, 0.2) is 42.5 Å². The molecule has 3 nitrogen and oxygen atoms in total. The molecule has 126 valence electrons. The van der Waals surface area contributed by atoms with Crippen LogP contribution in [0.5, 0.6) is 11.5 Å². The maximum absolute atomic E-state index is 12.0. The molecule has 2 aliphatic rings. The predicted molar refractivity (Wildman–Crippen MR) is 98.9 cm³/mol. The smallest absolute Gasteiger partial charge is 0.133 e. The number of piperidine rings is 1. The summed E-state index contributed by atoms with van der Waals surface area (Å²) < 4.78 is 6.09. The number of para-hydroxylation sites is 1. The molecule has 1 N–H and O–H groups in total. The van der Waals surface area contributed by atoms with Crippen LogP contribution in [0.2, 0.25) is 0 Å². The van der Waals surface area contributed by atoms with E-state index in [4.69, 9.17) is 4.74 Å². The van der Waals surface area contributed by atoms with Crippen molar-refractivity contribution in [3.8, 4) is 11.5 Å². The number of hydrogen-bond acceptors (Lipinski definition) is 4. The van der Waals surface area contributed by atoms with Crippen LogP contribution < -0.4 is 4.74 Å². The lowest BCUT2D eigenvalue weighted by atomic mass is 9.70. The summed E-state index contributed by atoms with van der Waals surface area (Å²) in [7, 11) is 2.14. The standard InChI is InChI=1S/C20H23NO2S/c1-21-10-8-15(9-11-21)20(22)16-4-2-3-5-18(16)23-19-7-6-14(13-24)12-17(19)20/h2-7,12,15,22,24H,8-11,13H2,1H3. The van der Waals surface area contributed by atoms with Crippen LogP contribution in [0.3, 0.4) is 0 Å². The molecule has 1 saturated heterocycles. The Hall–Kier alpha value is -1.49. The fraction of sp³-hybridized carbons (Fsp3) is 0.400. The molecule has 4 heteroatoms. The van der Waals surface area contributed by atoms with Crippen LogP contribution in [0.1, 0.15) is 29.5 Å². The van der Waals surface area contributed by atoms with Crippen LogP contribution in [0.4, 0.5) is 0 Å². The van der Waals surface area contributed by atoms with Gasteiger partial charge in [0, 0.05) is 16.9 Å². The van der Waals surface area contributed by atoms with Crippen molar-refractivity contribution in [3.63, 3.8) is 0 Å². The van der Waals surface area contributed by atoms with Gasteiger partial charge in [0.05, 0.1) is 0 Å². The molecule has 0 amide bonds. The molecule has 4 rings (SSSR count). The summed E-state index contributed by atoms with van der Waals surface area (Å²) in [5.41, 5.74) is 1.89. The number of benzene rings is 2. The third kappa shape index (κ3) is 2.44. The summed E-state index contributed by atoms with van der Waals surface area (Å²) in [6.45, 7) is 2.02. The van der Waals surface area contributed by atoms with E-state index in [-0.39, 0.29) is 5.92 Å². The second-order valence-corrected chi connectivity index (χ2v) is 7.25. The molecule has 1 atom stereocenters. The maximum atomic E-state index is 12.0. The first kappa shape index (κ1) is 16.0. The van der Waals surface area contributed by atoms with Gasteiger partial charge < -0.3 is 14.7 Å². The van der Waals surface area contributed by atoms with E-state index < -0.39 is 5.60 Å². The van der Waals surface area contributed by atoms with Gasteiger partial charge in [-0.15, -0.1) is 0 Å². The van der Waals surface area contributed by atoms with Crippen molar-refractivity contribution >= 4 is 12.6 Å². The van der Waals surface area contributed by atoms with E-state index in [2.05, 4.69) is 30.6 Å². The minimum absolute atomic E-state index is 0.188. The first-order valence-corrected chi connectivity index (χ1v) is 9.18. The second kappa shape index (κ2) is 6.10. The molecule has 1 fully saturated rings. The zero-order chi connectivity index (χ0) is 16.7. The molecule has 0 aliphatic carbocycles. The van der Waals surface area contributed by atoms with E-state index in [0.29, 0.717) is 5.75 Å². The Kier molecular flexibility index (Phi) is 4.07. The number of hydrogen-bond donors (Lipinski definition) is 2. The lowest BCUT2D eigenvalue weighted by Gasteiger charge is -2.44. The molecular weight excluding hydrogens is 318 g/mol. The average Bonchev–Trinajstić information content (AvgIpc) is 2.62. The fourth-order valence-electron chi connectivity index (χ4n) is 4.06. The third-order valence-electron chi connectivity index (χ3n) is 5.46. The topological polar surface area (TPSA) is 32.7 Å². The number of likely N-dealkylation sites (tertiary alicyclic amines) is 1. The van der Waals surface area contributed by atoms with E-state index in [1.54, 1.807) is 0 Å². The molecule has 0 saturated carbocycles. The van der Waals surface area contributed by atoms with Crippen molar-refractivity contribution in [2.75, 3.05) is 20.1 Å². The predicted octanol–water partition coefficient (Wildman–Crippen LogP) is 3.80. The molecule has 0 bridgehead atoms. The number of ether oxygens (including phenoxy) is 1. The summed E-state index contributed by atoms with van der Waals surface area (Å²) >= 11 is 4.40. The Morgan fingerprint density at radius 3 is 2.58 bits per heavy atom. The molecule has 0 radical (unpaired) electrons. The number of rotatable bonds is 2. The Labute approximate surface area is 148 Å². The molecular formula is C20H23NO2S. The Morgan fingerprint density at radius 1 is 1.12 bits per heavy atom. The summed E-state index contributed by atoms with van der Waals surface area (Å²) in [5, 5.41) is 12.0. The molecule has 24 heavy (non-hydrogen) atoms. The van der Waals surface area contributed by atoms with Crippen LogP contribution in [0, 0.1) is 5.92 Å². The van der Waals surface area contributed by atoms with Crippen molar-refractivity contribution in [2.45, 2.75) is 24.2 Å². The number of nitrogens with zero attached hydrogens (tertiary/aromatic N) is 1. The van der Waals surface area contributed by atoms with Gasteiger partial charge in [0.1, 0.15) is 17.1 Å². The van der Waals surface area contributed by atoms with E-state index in [1.807, 2.05) is 36.4 Å². The summed E-state index contributed by atoms with van der Waals surface area (Å²) in [6, 6.07) is 14.0. The van der Waals surface area contributed by atoms with Crippen LogP contribution in [0.25, 0.3) is 0 Å². The molecule has 2 heterocycles. The van der Waals surface area contributed by atoms with Crippen molar-refractivity contribution in [2.24, 2.45) is 5.92 Å². The molecule has 2 aliphatic heterocycles. The summed E-state index contributed by atoms with van der Waals surface area (Å²) in [6.07, 6.45) is 1.96. The minimum atomic E-state index is -0.996. The van der Waals surface area contributed by atoms with Gasteiger partial charge in [-0.25, -0.2) is 0 Å². The second-order valence-electron chi connectivity index (χ2n) is 6.93. The van der Waals surface area contributed by atoms with Gasteiger partial charge in [-0.2, -0.15) is 12.6 Å². The highest BCUT2D eigenvalue weighted by Crippen LogP contribution is 2.52. The normalized spacial score (nSPS) is 24.1. The van der Waals surface area contributed by atoms with Gasteiger partial charge in [0.25, 0.3) is 0 Å². The third-order valence-corrected chi connectivity index (χ3v) is 5.83. The Bertz CT molecular complexity index is 755. The van der Waals surface area contributed by atoms with Gasteiger partial charge >= 0.3 is 0 Å². The van der Waals surface area contributed by atoms with E-state index in [1.165, 1.54) is 0 Å². The van der Waals surface area contributed by atoms with Crippen LogP contribution in [-0.2, 0) is 11.4 Å². The Balaban J connectivity index is 1.88. The highest BCUT2D eigenvalue weighted by atomic mass is 32.1. The van der Waals surface area contributed by atoms with Gasteiger partial charge in [0.2, 0.25) is 0 Å². The van der Waals surface area contributed by atoms with Gasteiger partial charge in [-0.05, 0) is 62.7 Å². The zero-order valence-electron chi connectivity index (χ0n) is 13.9. The lowest BCUT2D eigenvalue weighted by molar-refractivity contribution is -0.0178. The van der Waals surface area contributed by atoms with Crippen molar-refractivity contribution < 1.29 is 9.84 Å². The monoisotopic (exact) mass is 341 g/mol. The van der Waals surface area contributed by atoms with E-state index >= 15 is 0 Å². The highest BCUT2D eigenvalue weighted by Gasteiger charge is 2.47. The average molecular weight is 341 g/mol. The minimum Gasteiger partial charge on any atom is -0.457 e. The van der Waals surface area contributed by atoms with Gasteiger partial charge in [0.15, 0.2) is 0 Å². The fourth-order valence-corrected chi connectivity index (χ4v) is 4.26.